The Hall–Kier alpha value is -1.09. The van der Waals surface area contributed by atoms with E-state index in [1.54, 1.807) is 25.7 Å². The Labute approximate surface area is 165 Å². The number of halogens is 3. The van der Waals surface area contributed by atoms with Crippen molar-refractivity contribution in [2.24, 2.45) is 0 Å². The molecule has 8 heteroatoms. The Bertz CT molecular complexity index is 679. The van der Waals surface area contributed by atoms with Gasteiger partial charge in [-0.05, 0) is 68.3 Å². The van der Waals surface area contributed by atoms with Gasteiger partial charge < -0.3 is 15.0 Å². The number of alkyl carbamates (subject to hydrolysis) is 1. The Morgan fingerprint density at radius 1 is 1.40 bits per heavy atom. The van der Waals surface area contributed by atoms with Crippen LogP contribution in [-0.2, 0) is 4.74 Å². The summed E-state index contributed by atoms with van der Waals surface area (Å²) < 4.78 is 19.1. The van der Waals surface area contributed by atoms with E-state index < -0.39 is 17.5 Å². The largest absolute Gasteiger partial charge is 0.444 e. The third-order valence-electron chi connectivity index (χ3n) is 3.67. The summed E-state index contributed by atoms with van der Waals surface area (Å²) in [6.45, 7) is 6.31. The van der Waals surface area contributed by atoms with Crippen LogP contribution in [0.5, 0.6) is 0 Å². The molecule has 1 aromatic rings. The lowest BCUT2D eigenvalue weighted by Crippen LogP contribution is -2.50. The third-order valence-corrected chi connectivity index (χ3v) is 4.81. The predicted octanol–water partition coefficient (Wildman–Crippen LogP) is 4.21. The van der Waals surface area contributed by atoms with Crippen LogP contribution in [0, 0.1) is 9.39 Å². The van der Waals surface area contributed by atoms with Crippen molar-refractivity contribution >= 4 is 46.2 Å². The third kappa shape index (κ3) is 5.70. The lowest BCUT2D eigenvalue weighted by molar-refractivity contribution is 0.0452. The summed E-state index contributed by atoms with van der Waals surface area (Å²) in [6.07, 6.45) is 1.01. The molecular formula is C17H21ClFIN2O3. The molecule has 25 heavy (non-hydrogen) atoms. The summed E-state index contributed by atoms with van der Waals surface area (Å²) in [5.74, 6) is -0.719. The Morgan fingerprint density at radius 2 is 2.08 bits per heavy atom. The topological polar surface area (TPSA) is 58.6 Å². The van der Waals surface area contributed by atoms with E-state index in [-0.39, 0.29) is 22.5 Å². The van der Waals surface area contributed by atoms with Gasteiger partial charge in [0.1, 0.15) is 11.4 Å². The van der Waals surface area contributed by atoms with Crippen LogP contribution < -0.4 is 5.32 Å². The molecular weight excluding hydrogens is 462 g/mol. The molecule has 1 atom stereocenters. The van der Waals surface area contributed by atoms with E-state index in [9.17, 15) is 14.0 Å². The van der Waals surface area contributed by atoms with Crippen LogP contribution in [0.2, 0.25) is 5.02 Å². The molecule has 1 aliphatic heterocycles. The maximum atomic E-state index is 13.5. The summed E-state index contributed by atoms with van der Waals surface area (Å²) in [5.41, 5.74) is -0.308. The molecule has 138 valence electrons. The van der Waals surface area contributed by atoms with Gasteiger partial charge in [0.25, 0.3) is 5.91 Å². The number of piperidine rings is 1. The summed E-state index contributed by atoms with van der Waals surface area (Å²) in [7, 11) is 0. The normalized spacial score (nSPS) is 18.0. The number of hydrogen-bond acceptors (Lipinski definition) is 3. The molecule has 2 rings (SSSR count). The van der Waals surface area contributed by atoms with Crippen molar-refractivity contribution < 1.29 is 18.7 Å². The van der Waals surface area contributed by atoms with E-state index in [4.69, 9.17) is 16.3 Å². The molecule has 1 aliphatic rings. The van der Waals surface area contributed by atoms with Gasteiger partial charge in [0.15, 0.2) is 0 Å². The van der Waals surface area contributed by atoms with Crippen molar-refractivity contribution in [1.29, 1.82) is 0 Å². The lowest BCUT2D eigenvalue weighted by Gasteiger charge is -2.33. The number of ether oxygens (including phenoxy) is 1. The van der Waals surface area contributed by atoms with Crippen LogP contribution in [0.25, 0.3) is 0 Å². The molecule has 0 aliphatic carbocycles. The molecule has 1 fully saturated rings. The fourth-order valence-electron chi connectivity index (χ4n) is 2.61. The summed E-state index contributed by atoms with van der Waals surface area (Å²) in [4.78, 5) is 26.3. The minimum atomic E-state index is -0.577. The molecule has 0 radical (unpaired) electrons. The first-order valence-electron chi connectivity index (χ1n) is 8.00. The highest BCUT2D eigenvalue weighted by atomic mass is 127. The quantitative estimate of drug-likeness (QED) is 0.507. The number of carbonyl (C=O) groups excluding carboxylic acids is 2. The van der Waals surface area contributed by atoms with E-state index in [2.05, 4.69) is 5.32 Å². The predicted molar refractivity (Wildman–Crippen MR) is 102 cm³/mol. The zero-order valence-corrected chi connectivity index (χ0v) is 17.3. The van der Waals surface area contributed by atoms with Crippen molar-refractivity contribution in [2.45, 2.75) is 45.3 Å². The average molecular weight is 483 g/mol. The molecule has 0 bridgehead atoms. The zero-order valence-electron chi connectivity index (χ0n) is 14.4. The monoisotopic (exact) mass is 482 g/mol. The van der Waals surface area contributed by atoms with Crippen LogP contribution in [0.4, 0.5) is 9.18 Å². The molecule has 1 aromatic carbocycles. The van der Waals surface area contributed by atoms with Crippen LogP contribution in [0.15, 0.2) is 12.1 Å². The van der Waals surface area contributed by atoms with Gasteiger partial charge in [0.05, 0.1) is 10.6 Å². The van der Waals surface area contributed by atoms with Crippen molar-refractivity contribution in [3.63, 3.8) is 0 Å². The first-order chi connectivity index (χ1) is 11.6. The minimum absolute atomic E-state index is 0.0881. The molecule has 1 heterocycles. The minimum Gasteiger partial charge on any atom is -0.444 e. The first-order valence-corrected chi connectivity index (χ1v) is 9.46. The molecule has 1 saturated heterocycles. The standard InChI is InChI=1S/C17H21ClFIN2O3/c1-17(2,3)25-16(24)21-10-5-4-6-22(9-10)15(23)11-7-14(20)13(19)8-12(11)18/h7-8,10H,4-6,9H2,1-3H3,(H,21,24)/t10-/m1/s1. The second-order valence-corrected chi connectivity index (χ2v) is 8.55. The number of nitrogens with one attached hydrogen (secondary N) is 1. The van der Waals surface area contributed by atoms with Crippen LogP contribution in [0.3, 0.4) is 0 Å². The lowest BCUT2D eigenvalue weighted by atomic mass is 10.0. The zero-order chi connectivity index (χ0) is 18.8. The first kappa shape index (κ1) is 20.2. The van der Waals surface area contributed by atoms with E-state index in [1.165, 1.54) is 6.07 Å². The van der Waals surface area contributed by atoms with Gasteiger partial charge in [-0.25, -0.2) is 9.18 Å². The Kier molecular flexibility index (Phi) is 6.53. The van der Waals surface area contributed by atoms with Crippen molar-refractivity contribution in [2.75, 3.05) is 13.1 Å². The van der Waals surface area contributed by atoms with E-state index >= 15 is 0 Å². The molecule has 2 amide bonds. The fourth-order valence-corrected chi connectivity index (χ4v) is 3.31. The number of benzene rings is 1. The van der Waals surface area contributed by atoms with Gasteiger partial charge in [-0.15, -0.1) is 0 Å². The molecule has 0 unspecified atom stereocenters. The second-order valence-electron chi connectivity index (χ2n) is 6.98. The van der Waals surface area contributed by atoms with Crippen molar-refractivity contribution in [3.8, 4) is 0 Å². The van der Waals surface area contributed by atoms with Crippen LogP contribution in [0.1, 0.15) is 44.0 Å². The summed E-state index contributed by atoms with van der Waals surface area (Å²) in [5, 5.41) is 2.89. The van der Waals surface area contributed by atoms with Gasteiger partial charge in [-0.1, -0.05) is 11.6 Å². The van der Waals surface area contributed by atoms with Crippen molar-refractivity contribution in [3.05, 3.63) is 32.1 Å². The Morgan fingerprint density at radius 3 is 2.72 bits per heavy atom. The maximum absolute atomic E-state index is 13.5. The molecule has 5 nitrogen and oxygen atoms in total. The van der Waals surface area contributed by atoms with Gasteiger partial charge in [0.2, 0.25) is 0 Å². The SMILES string of the molecule is CC(C)(C)OC(=O)N[C@@H]1CCCN(C(=O)c2cc(I)c(F)cc2Cl)C1. The number of hydrogen-bond donors (Lipinski definition) is 1. The van der Waals surface area contributed by atoms with Gasteiger partial charge in [-0.3, -0.25) is 4.79 Å². The van der Waals surface area contributed by atoms with E-state index in [0.717, 1.165) is 18.9 Å². The van der Waals surface area contributed by atoms with Crippen LogP contribution in [-0.4, -0.2) is 41.6 Å². The number of carbonyl (C=O) groups is 2. The molecule has 0 spiro atoms. The smallest absolute Gasteiger partial charge is 0.407 e. The van der Waals surface area contributed by atoms with Gasteiger partial charge in [0, 0.05) is 22.7 Å². The Balaban J connectivity index is 2.04. The van der Waals surface area contributed by atoms with E-state index in [1.807, 2.05) is 22.6 Å². The van der Waals surface area contributed by atoms with Gasteiger partial charge >= 0.3 is 6.09 Å². The number of nitrogens with zero attached hydrogens (tertiary/aromatic N) is 1. The van der Waals surface area contributed by atoms with Gasteiger partial charge in [-0.2, -0.15) is 0 Å². The maximum Gasteiger partial charge on any atom is 0.407 e. The van der Waals surface area contributed by atoms with Crippen LogP contribution >= 0.6 is 34.2 Å². The highest BCUT2D eigenvalue weighted by Gasteiger charge is 2.28. The number of rotatable bonds is 2. The molecule has 0 aromatic heterocycles. The summed E-state index contributed by atoms with van der Waals surface area (Å²) in [6, 6.07) is 2.41. The fraction of sp³-hybridized carbons (Fsp3) is 0.529. The second kappa shape index (κ2) is 8.07. The number of amides is 2. The molecule has 1 N–H and O–H groups in total. The van der Waals surface area contributed by atoms with Crippen molar-refractivity contribution in [1.82, 2.24) is 10.2 Å². The molecule has 0 saturated carbocycles. The highest BCUT2D eigenvalue weighted by molar-refractivity contribution is 14.1. The summed E-state index contributed by atoms with van der Waals surface area (Å²) >= 11 is 7.85. The van der Waals surface area contributed by atoms with E-state index in [0.29, 0.717) is 16.7 Å². The number of likely N-dealkylation sites (tertiary alicyclic amines) is 1. The average Bonchev–Trinajstić information content (AvgIpc) is 2.48. The highest BCUT2D eigenvalue weighted by Crippen LogP contribution is 2.24.